The van der Waals surface area contributed by atoms with Crippen LogP contribution < -0.4 is 79.8 Å². The Morgan fingerprint density at radius 3 is 0.595 bits per heavy atom. The zero-order valence-corrected chi connectivity index (χ0v) is 58.6. The van der Waals surface area contributed by atoms with E-state index in [0.717, 1.165) is 35.5 Å². The fraction of sp³-hybridized carbons (Fsp3) is 1.00. The van der Waals surface area contributed by atoms with Gasteiger partial charge in [0.15, 0.2) is 0 Å². The predicted molar refractivity (Wildman–Crippen MR) is 347 cm³/mol. The molecule has 12 heteroatoms. The van der Waals surface area contributed by atoms with Gasteiger partial charge in [0, 0.05) is 0 Å². The molecule has 0 aromatic heterocycles. The third-order valence-electron chi connectivity index (χ3n) is 24.5. The van der Waals surface area contributed by atoms with Crippen molar-refractivity contribution in [1.82, 2.24) is 42.5 Å². The van der Waals surface area contributed by atoms with Crippen LogP contribution in [0.5, 0.6) is 0 Å². The Morgan fingerprint density at radius 2 is 0.381 bits per heavy atom. The van der Waals surface area contributed by atoms with Crippen LogP contribution in [0.2, 0.25) is 0 Å². The van der Waals surface area contributed by atoms with Gasteiger partial charge in [0.2, 0.25) is 0 Å². The van der Waals surface area contributed by atoms with E-state index in [-0.39, 0.29) is 54.6 Å². The van der Waals surface area contributed by atoms with Crippen molar-refractivity contribution in [2.75, 3.05) is 0 Å². The first kappa shape index (κ1) is 75.8. The van der Waals surface area contributed by atoms with Gasteiger partial charge < -0.3 is 37.2 Å². The maximum Gasteiger partial charge on any atom is 3.00 e. The molecule has 8 bridgehead atoms. The van der Waals surface area contributed by atoms with Crippen molar-refractivity contribution in [1.29, 1.82) is 0 Å². The predicted octanol–water partition coefficient (Wildman–Crippen LogP) is 8.26. The van der Waals surface area contributed by atoms with Crippen molar-refractivity contribution in [2.45, 2.75) is 385 Å². The maximum absolute atomic E-state index is 4.76. The second-order valence-corrected chi connectivity index (χ2v) is 29.9. The first-order valence-electron chi connectivity index (χ1n) is 37.7. The van der Waals surface area contributed by atoms with E-state index in [9.17, 15) is 0 Å². The quantitative estimate of drug-likeness (QED) is 0.0235. The number of unbranched alkanes of at least 4 members (excludes halogenated alkanes) is 28. The Hall–Kier alpha value is 1.08. The zero-order chi connectivity index (χ0) is 55.1. The molecular weight excluding hydrogens is 1110 g/mol. The fourth-order valence-corrected chi connectivity index (χ4v) is 20.3. The minimum absolute atomic E-state index is 0. The molecule has 5 saturated heterocycles. The van der Waals surface area contributed by atoms with Gasteiger partial charge in [0.25, 0.3) is 0 Å². The number of hydrogen-bond acceptors (Lipinski definition) is 8. The molecule has 9 rings (SSSR count). The topological polar surface area (TPSA) is 96.2 Å². The van der Waals surface area contributed by atoms with Crippen LogP contribution in [-0.4, -0.2) is 66.7 Å². The van der Waals surface area contributed by atoms with E-state index < -0.39 is 0 Å². The molecule has 0 spiro atoms. The zero-order valence-electron chi connectivity index (χ0n) is 55.2. The van der Waals surface area contributed by atoms with Crippen LogP contribution in [0.4, 0.5) is 0 Å². The first-order chi connectivity index (χ1) is 39.6. The van der Waals surface area contributed by atoms with E-state index in [4.69, 9.17) is 16.0 Å². The standard InChI is InChI=1S/C72H136N8.Al.3ClH/c1-5-9-13-17-21-25-29-33-43-53-54(44-34-30-26-22-18-14-10-6-2)56(46-36-32-28-24-20-16-12-8-4)64-63(55(53)45-35-31-27-23-19-15-11-7-3)71-78-69-61-51-41-39-49-59(61)67(76-69)74-65-57-47-37-38-48-58(57)66(73-65)75-68-60-50-40-42-52-62(60)70(77-68)79-72(64)80-71;;;;/h53-80H,5-52H2,1-4H3;;3*1H/q;+3;;;/p-3. The Kier molecular flexibility index (Phi) is 38.2. The second kappa shape index (κ2) is 42.3. The third-order valence-corrected chi connectivity index (χ3v) is 24.5. The van der Waals surface area contributed by atoms with Gasteiger partial charge in [-0.1, -0.05) is 272 Å². The smallest absolute Gasteiger partial charge is 1.00 e. The molecule has 0 aromatic rings. The summed E-state index contributed by atoms with van der Waals surface area (Å²) in [6.07, 6.45) is 71.6. The van der Waals surface area contributed by atoms with E-state index in [1.165, 1.54) is 308 Å². The van der Waals surface area contributed by atoms with Crippen molar-refractivity contribution in [2.24, 2.45) is 71.0 Å². The summed E-state index contributed by atoms with van der Waals surface area (Å²) in [5.74, 6) is 8.93. The van der Waals surface area contributed by atoms with Crippen LogP contribution in [0.3, 0.4) is 0 Å². The first-order valence-corrected chi connectivity index (χ1v) is 37.7. The maximum atomic E-state index is 4.76. The monoisotopic (exact) mass is 1240 g/mol. The van der Waals surface area contributed by atoms with E-state index in [1.54, 1.807) is 0 Å². The van der Waals surface area contributed by atoms with Crippen molar-refractivity contribution in [3.8, 4) is 0 Å². The molecule has 5 heterocycles. The van der Waals surface area contributed by atoms with Gasteiger partial charge >= 0.3 is 17.4 Å². The van der Waals surface area contributed by atoms with E-state index in [1.807, 2.05) is 0 Å². The number of fused-ring (bicyclic) bond motifs is 20. The largest absolute Gasteiger partial charge is 3.00 e. The molecule has 20 atom stereocenters. The average Bonchev–Trinajstić information content (AvgIpc) is 4.39. The number of hydrogen-bond donors (Lipinski definition) is 8. The van der Waals surface area contributed by atoms with Crippen molar-refractivity contribution < 1.29 is 37.2 Å². The molecule has 9 fully saturated rings. The van der Waals surface area contributed by atoms with Crippen LogP contribution in [0.15, 0.2) is 0 Å². The summed E-state index contributed by atoms with van der Waals surface area (Å²) >= 11 is 0. The SMILES string of the molecule is CCCCCCCCCCC1C(CCCCCCCCCC)C(CCCCCCCCCC)C2C3NC4NC(NC5NC(NC6NC(NC(N3)C2C1CCCCCCCCCC)C1CCCCC61)C1CCCCC51)C1CCCCC41.[Al+3].[Cl-].[Cl-].[Cl-]. The molecule has 5 aliphatic heterocycles. The van der Waals surface area contributed by atoms with E-state index >= 15 is 0 Å². The molecule has 0 aromatic carbocycles. The Bertz CT molecular complexity index is 1540. The van der Waals surface area contributed by atoms with E-state index in [2.05, 4.69) is 54.3 Å². The van der Waals surface area contributed by atoms with Crippen molar-refractivity contribution in [3.05, 3.63) is 0 Å². The van der Waals surface area contributed by atoms with Gasteiger partial charge in [0.1, 0.15) is 0 Å². The molecule has 4 aliphatic carbocycles. The summed E-state index contributed by atoms with van der Waals surface area (Å²) in [6.45, 7) is 9.52. The molecule has 8 nitrogen and oxygen atoms in total. The van der Waals surface area contributed by atoms with Gasteiger partial charge in [-0.2, -0.15) is 0 Å². The van der Waals surface area contributed by atoms with Crippen LogP contribution in [-0.2, 0) is 0 Å². The Morgan fingerprint density at radius 1 is 0.214 bits per heavy atom. The minimum Gasteiger partial charge on any atom is -1.00 e. The minimum atomic E-state index is 0. The molecular formula is C72H136AlCl3N8. The van der Waals surface area contributed by atoms with E-state index in [0.29, 0.717) is 84.8 Å². The van der Waals surface area contributed by atoms with Crippen LogP contribution in [0.25, 0.3) is 0 Å². The third kappa shape index (κ3) is 21.3. The second-order valence-electron chi connectivity index (χ2n) is 29.9. The van der Waals surface area contributed by atoms with Gasteiger partial charge in [0.05, 0.1) is 49.3 Å². The van der Waals surface area contributed by atoms with Crippen LogP contribution in [0.1, 0.15) is 336 Å². The van der Waals surface area contributed by atoms with Gasteiger partial charge in [-0.3, -0.25) is 42.5 Å². The summed E-state index contributed by atoms with van der Waals surface area (Å²) in [7, 11) is 0. The summed E-state index contributed by atoms with van der Waals surface area (Å²) in [5, 5.41) is 36.6. The number of halogens is 3. The number of nitrogens with one attached hydrogen (secondary N) is 8. The van der Waals surface area contributed by atoms with Crippen LogP contribution >= 0.6 is 0 Å². The molecule has 4 saturated carbocycles. The normalized spacial score (nSPS) is 36.7. The molecule has 9 aliphatic rings. The van der Waals surface area contributed by atoms with Gasteiger partial charge in [-0.15, -0.1) is 0 Å². The van der Waals surface area contributed by atoms with Gasteiger partial charge in [-0.05, 0) is 135 Å². The van der Waals surface area contributed by atoms with Crippen LogP contribution in [0, 0.1) is 71.0 Å². The number of rotatable bonds is 36. The molecule has 84 heavy (non-hydrogen) atoms. The molecule has 20 unspecified atom stereocenters. The Labute approximate surface area is 549 Å². The summed E-state index contributed by atoms with van der Waals surface area (Å²) in [6, 6.07) is 0. The molecule has 0 radical (unpaired) electrons. The molecule has 488 valence electrons. The summed E-state index contributed by atoms with van der Waals surface area (Å²) < 4.78 is 0. The summed E-state index contributed by atoms with van der Waals surface area (Å²) in [5.41, 5.74) is 0. The van der Waals surface area contributed by atoms with Crippen molar-refractivity contribution in [3.63, 3.8) is 0 Å². The van der Waals surface area contributed by atoms with Gasteiger partial charge in [-0.25, -0.2) is 0 Å². The average molecular weight is 1250 g/mol. The fourth-order valence-electron chi connectivity index (χ4n) is 20.3. The molecule has 0 amide bonds. The summed E-state index contributed by atoms with van der Waals surface area (Å²) in [4.78, 5) is 0. The Balaban J connectivity index is 0.00000323. The van der Waals surface area contributed by atoms with Crippen molar-refractivity contribution >= 4 is 17.4 Å². The molecule has 8 N–H and O–H groups in total.